The highest BCUT2D eigenvalue weighted by molar-refractivity contribution is 8.00. The largest absolute Gasteiger partial charge is 0.481 e. The summed E-state index contributed by atoms with van der Waals surface area (Å²) in [5, 5.41) is 11.5. The molecule has 6 nitrogen and oxygen atoms in total. The van der Waals surface area contributed by atoms with E-state index in [1.165, 1.54) is 11.8 Å². The lowest BCUT2D eigenvalue weighted by Crippen LogP contribution is -2.40. The first-order chi connectivity index (χ1) is 9.51. The summed E-state index contributed by atoms with van der Waals surface area (Å²) in [6, 6.07) is 0. The van der Waals surface area contributed by atoms with E-state index in [0.29, 0.717) is 43.6 Å². The molecular weight excluding hydrogens is 346 g/mol. The van der Waals surface area contributed by atoms with Gasteiger partial charge in [0.05, 0.1) is 18.4 Å². The molecule has 1 rings (SSSR count). The van der Waals surface area contributed by atoms with Crippen LogP contribution in [0.1, 0.15) is 12.8 Å². The van der Waals surface area contributed by atoms with Gasteiger partial charge in [0.15, 0.2) is 0 Å². The second-order valence-electron chi connectivity index (χ2n) is 4.11. The summed E-state index contributed by atoms with van der Waals surface area (Å²) >= 11 is 12.9. The molecule has 0 aromatic carbocycles. The number of rotatable bonds is 9. The van der Waals surface area contributed by atoms with Crippen LogP contribution in [0.25, 0.3) is 0 Å². The van der Waals surface area contributed by atoms with Gasteiger partial charge in [0, 0.05) is 30.6 Å². The number of carboxylic acids is 1. The first kappa shape index (κ1) is 18.6. The molecule has 2 N–H and O–H groups in total. The topological polar surface area (TPSA) is 78.9 Å². The third kappa shape index (κ3) is 6.10. The van der Waals surface area contributed by atoms with Gasteiger partial charge in [0.25, 0.3) is 0 Å². The molecule has 10 heteroatoms. The Labute approximate surface area is 133 Å². The number of halogens is 2. The number of aliphatic carboxylic acids is 1. The van der Waals surface area contributed by atoms with Crippen molar-refractivity contribution >= 4 is 48.6 Å². The fourth-order valence-electron chi connectivity index (χ4n) is 1.71. The lowest BCUT2D eigenvalue weighted by molar-refractivity contribution is -0.136. The summed E-state index contributed by atoms with van der Waals surface area (Å²) in [5.41, 5.74) is 0. The van der Waals surface area contributed by atoms with Crippen LogP contribution in [0.2, 0.25) is 0 Å². The van der Waals surface area contributed by atoms with Crippen molar-refractivity contribution in [3.05, 3.63) is 0 Å². The normalized spacial score (nSPS) is 26.9. The number of nitrogens with zero attached hydrogens (tertiary/aromatic N) is 1. The fourth-order valence-corrected chi connectivity index (χ4v) is 5.86. The predicted octanol–water partition coefficient (Wildman–Crippen LogP) is 2.42. The standard InChI is InChI=1S/C10H19Cl2N2O4PS/c11-3-5-14(6-4-12)19(17)13-9(1-7-18-19)20-8-2-10(15)16/h9H,1-8H2,(H,13,17)(H,15,16). The molecule has 2 unspecified atom stereocenters. The monoisotopic (exact) mass is 364 g/mol. The Bertz CT molecular complexity index is 358. The van der Waals surface area contributed by atoms with Gasteiger partial charge in [-0.3, -0.25) is 9.36 Å². The number of thioether (sulfide) groups is 1. The van der Waals surface area contributed by atoms with Gasteiger partial charge in [0.2, 0.25) is 0 Å². The minimum atomic E-state index is -3.13. The minimum Gasteiger partial charge on any atom is -0.481 e. The van der Waals surface area contributed by atoms with Crippen molar-refractivity contribution in [1.29, 1.82) is 0 Å². The molecule has 1 aliphatic heterocycles. The van der Waals surface area contributed by atoms with Crippen LogP contribution in [0.4, 0.5) is 0 Å². The number of carbonyl (C=O) groups is 1. The Morgan fingerprint density at radius 2 is 2.10 bits per heavy atom. The zero-order valence-corrected chi connectivity index (χ0v) is 14.2. The van der Waals surface area contributed by atoms with E-state index in [9.17, 15) is 9.36 Å². The zero-order valence-electron chi connectivity index (χ0n) is 11.0. The highest BCUT2D eigenvalue weighted by Crippen LogP contribution is 2.50. The zero-order chi connectivity index (χ0) is 15.0. The van der Waals surface area contributed by atoms with E-state index in [2.05, 4.69) is 5.09 Å². The van der Waals surface area contributed by atoms with Crippen molar-refractivity contribution in [1.82, 2.24) is 9.76 Å². The van der Waals surface area contributed by atoms with E-state index in [-0.39, 0.29) is 11.8 Å². The number of alkyl halides is 2. The van der Waals surface area contributed by atoms with Gasteiger partial charge < -0.3 is 9.63 Å². The average Bonchev–Trinajstić information content (AvgIpc) is 2.38. The lowest BCUT2D eigenvalue weighted by atomic mass is 10.5. The summed E-state index contributed by atoms with van der Waals surface area (Å²) in [6.07, 6.45) is 0.769. The van der Waals surface area contributed by atoms with E-state index < -0.39 is 13.6 Å². The van der Waals surface area contributed by atoms with Crippen LogP contribution in [-0.4, -0.2) is 58.3 Å². The predicted molar refractivity (Wildman–Crippen MR) is 82.8 cm³/mol. The second-order valence-corrected chi connectivity index (χ2v) is 8.30. The Balaban J connectivity index is 2.55. The fraction of sp³-hybridized carbons (Fsp3) is 0.900. The summed E-state index contributed by atoms with van der Waals surface area (Å²) in [4.78, 5) is 10.5. The molecule has 0 spiro atoms. The Morgan fingerprint density at radius 3 is 2.65 bits per heavy atom. The summed E-state index contributed by atoms with van der Waals surface area (Å²) in [6.45, 7) is 1.21. The molecule has 0 aromatic rings. The first-order valence-electron chi connectivity index (χ1n) is 6.25. The molecule has 20 heavy (non-hydrogen) atoms. The van der Waals surface area contributed by atoms with Crippen LogP contribution in [0.3, 0.4) is 0 Å². The van der Waals surface area contributed by atoms with Crippen molar-refractivity contribution in [3.63, 3.8) is 0 Å². The summed E-state index contributed by atoms with van der Waals surface area (Å²) in [5.74, 6) is 0.308. The van der Waals surface area contributed by atoms with Gasteiger partial charge in [-0.25, -0.2) is 9.76 Å². The molecule has 0 amide bonds. The van der Waals surface area contributed by atoms with Crippen LogP contribution in [0.15, 0.2) is 0 Å². The number of carboxylic acid groups (broad SMARTS) is 1. The van der Waals surface area contributed by atoms with E-state index >= 15 is 0 Å². The Kier molecular flexibility index (Phi) is 8.83. The SMILES string of the molecule is O=C(O)CCSC1CCOP(=O)(N(CCCl)CCCl)N1. The first-order valence-corrected chi connectivity index (χ1v) is 9.94. The molecule has 0 aliphatic carbocycles. The van der Waals surface area contributed by atoms with Gasteiger partial charge in [-0.1, -0.05) is 0 Å². The van der Waals surface area contributed by atoms with Crippen molar-refractivity contribution in [2.75, 3.05) is 37.2 Å². The molecule has 1 fully saturated rings. The van der Waals surface area contributed by atoms with Gasteiger partial charge in [0.1, 0.15) is 0 Å². The van der Waals surface area contributed by atoms with Crippen LogP contribution < -0.4 is 5.09 Å². The molecule has 1 aliphatic rings. The molecule has 0 bridgehead atoms. The maximum Gasteiger partial charge on any atom is 0.344 e. The van der Waals surface area contributed by atoms with Crippen LogP contribution in [0.5, 0.6) is 0 Å². The molecule has 0 aromatic heterocycles. The molecule has 118 valence electrons. The Hall–Kier alpha value is 0.510. The van der Waals surface area contributed by atoms with Crippen molar-refractivity contribution in [3.8, 4) is 0 Å². The van der Waals surface area contributed by atoms with Crippen molar-refractivity contribution in [2.45, 2.75) is 18.2 Å². The van der Waals surface area contributed by atoms with Crippen LogP contribution in [0, 0.1) is 0 Å². The molecular formula is C10H19Cl2N2O4PS. The van der Waals surface area contributed by atoms with Crippen molar-refractivity contribution in [2.24, 2.45) is 0 Å². The van der Waals surface area contributed by atoms with Crippen molar-refractivity contribution < 1.29 is 19.0 Å². The average molecular weight is 365 g/mol. The van der Waals surface area contributed by atoms with Gasteiger partial charge in [-0.15, -0.1) is 35.0 Å². The van der Waals surface area contributed by atoms with E-state index in [1.54, 1.807) is 4.67 Å². The molecule has 0 saturated carbocycles. The van der Waals surface area contributed by atoms with Gasteiger partial charge in [-0.2, -0.15) is 0 Å². The smallest absolute Gasteiger partial charge is 0.344 e. The lowest BCUT2D eigenvalue weighted by Gasteiger charge is -2.36. The summed E-state index contributed by atoms with van der Waals surface area (Å²) in [7, 11) is -3.13. The molecule has 1 heterocycles. The van der Waals surface area contributed by atoms with E-state index in [1.807, 2.05) is 0 Å². The number of hydrogen-bond donors (Lipinski definition) is 2. The molecule has 2 atom stereocenters. The Morgan fingerprint density at radius 1 is 1.45 bits per heavy atom. The van der Waals surface area contributed by atoms with Gasteiger partial charge in [-0.05, 0) is 6.42 Å². The second kappa shape index (κ2) is 9.51. The summed E-state index contributed by atoms with van der Waals surface area (Å²) < 4.78 is 19.8. The third-order valence-electron chi connectivity index (χ3n) is 2.65. The number of hydrogen-bond acceptors (Lipinski definition) is 4. The quantitative estimate of drug-likeness (QED) is 0.480. The maximum absolute atomic E-state index is 12.8. The highest BCUT2D eigenvalue weighted by atomic mass is 35.5. The molecule has 1 saturated heterocycles. The van der Waals surface area contributed by atoms with E-state index in [0.717, 1.165) is 0 Å². The van der Waals surface area contributed by atoms with Gasteiger partial charge >= 0.3 is 13.6 Å². The minimum absolute atomic E-state index is 0.0814. The third-order valence-corrected chi connectivity index (χ3v) is 6.67. The van der Waals surface area contributed by atoms with Crippen LogP contribution >= 0.6 is 42.6 Å². The number of nitrogens with one attached hydrogen (secondary N) is 1. The highest BCUT2D eigenvalue weighted by Gasteiger charge is 2.37. The van der Waals surface area contributed by atoms with E-state index in [4.69, 9.17) is 32.8 Å². The maximum atomic E-state index is 12.8. The van der Waals surface area contributed by atoms with Crippen LogP contribution in [-0.2, 0) is 13.9 Å². The molecule has 0 radical (unpaired) electrons.